The van der Waals surface area contributed by atoms with Crippen molar-refractivity contribution in [1.82, 2.24) is 0 Å². The number of aliphatic hydroxyl groups is 1. The highest BCUT2D eigenvalue weighted by Gasteiger charge is 2.60. The Balaban J connectivity index is 0.000000152. The van der Waals surface area contributed by atoms with Crippen molar-refractivity contribution in [2.45, 2.75) is 181 Å². The van der Waals surface area contributed by atoms with Gasteiger partial charge in [0, 0.05) is 6.42 Å². The number of hydrogen-bond acceptors (Lipinski definition) is 6. The van der Waals surface area contributed by atoms with Crippen molar-refractivity contribution in [3.05, 3.63) is 29.8 Å². The van der Waals surface area contributed by atoms with Crippen molar-refractivity contribution in [3.63, 3.8) is 0 Å². The Morgan fingerprint density at radius 3 is 1.62 bits per heavy atom. The van der Waals surface area contributed by atoms with E-state index < -0.39 is 11.0 Å². The van der Waals surface area contributed by atoms with Crippen LogP contribution in [0.3, 0.4) is 0 Å². The Morgan fingerprint density at radius 2 is 1.20 bits per heavy atom. The van der Waals surface area contributed by atoms with Crippen LogP contribution in [0.25, 0.3) is 0 Å². The lowest BCUT2D eigenvalue weighted by Crippen LogP contribution is -2.61. The third-order valence-electron chi connectivity index (χ3n) is 14.6. The molecule has 50 heavy (non-hydrogen) atoms. The normalized spacial score (nSPS) is 36.8. The molecule has 0 aromatic heterocycles. The molecule has 0 heterocycles. The van der Waals surface area contributed by atoms with Crippen LogP contribution in [0.1, 0.15) is 170 Å². The molecule has 8 bridgehead atoms. The van der Waals surface area contributed by atoms with Crippen LogP contribution >= 0.6 is 0 Å². The Hall–Kier alpha value is -2.08. The molecule has 0 saturated heterocycles. The number of carbonyl (C=O) groups excluding carboxylic acids is 2. The highest BCUT2D eigenvalue weighted by Crippen LogP contribution is 2.61. The molecule has 8 fully saturated rings. The van der Waals surface area contributed by atoms with Crippen LogP contribution in [0.5, 0.6) is 5.75 Å². The van der Waals surface area contributed by atoms with Gasteiger partial charge in [-0.15, -0.1) is 0 Å². The van der Waals surface area contributed by atoms with E-state index in [-0.39, 0.29) is 28.6 Å². The number of aromatic hydroxyl groups is 1. The van der Waals surface area contributed by atoms with Crippen LogP contribution in [0.4, 0.5) is 0 Å². The van der Waals surface area contributed by atoms with Gasteiger partial charge in [0.25, 0.3) is 0 Å². The summed E-state index contributed by atoms with van der Waals surface area (Å²) in [4.78, 5) is 25.0. The van der Waals surface area contributed by atoms with Gasteiger partial charge >= 0.3 is 11.9 Å². The van der Waals surface area contributed by atoms with Crippen LogP contribution in [0.15, 0.2) is 24.3 Å². The van der Waals surface area contributed by atoms with Crippen molar-refractivity contribution in [2.24, 2.45) is 46.3 Å². The molecule has 282 valence electrons. The number of benzene rings is 1. The van der Waals surface area contributed by atoms with Crippen LogP contribution < -0.4 is 0 Å². The van der Waals surface area contributed by atoms with Crippen molar-refractivity contribution in [2.75, 3.05) is 0 Å². The second kappa shape index (κ2) is 14.7. The molecule has 1 aromatic carbocycles. The zero-order chi connectivity index (χ0) is 36.7. The van der Waals surface area contributed by atoms with Gasteiger partial charge in [-0.05, 0) is 177 Å². The molecule has 6 heteroatoms. The number of hydrogen-bond donors (Lipinski definition) is 2. The summed E-state index contributed by atoms with van der Waals surface area (Å²) >= 11 is 0. The van der Waals surface area contributed by atoms with E-state index in [0.29, 0.717) is 41.8 Å². The van der Waals surface area contributed by atoms with Crippen molar-refractivity contribution in [3.8, 4) is 5.75 Å². The van der Waals surface area contributed by atoms with E-state index in [4.69, 9.17) is 14.6 Å². The molecule has 3 unspecified atom stereocenters. The smallest absolute Gasteiger partial charge is 0.312 e. The lowest BCUT2D eigenvalue weighted by molar-refractivity contribution is -0.225. The van der Waals surface area contributed by atoms with E-state index in [1.807, 2.05) is 46.8 Å². The summed E-state index contributed by atoms with van der Waals surface area (Å²) in [6, 6.07) is 7.43. The molecular formula is C44H70O6. The van der Waals surface area contributed by atoms with Crippen LogP contribution in [-0.4, -0.2) is 39.0 Å². The molecule has 8 aliphatic rings. The zero-order valence-corrected chi connectivity index (χ0v) is 33.0. The molecule has 8 aliphatic carbocycles. The first-order chi connectivity index (χ1) is 23.4. The van der Waals surface area contributed by atoms with Crippen molar-refractivity contribution >= 4 is 11.9 Å². The van der Waals surface area contributed by atoms with Gasteiger partial charge in [-0.3, -0.25) is 9.59 Å². The Bertz CT molecular complexity index is 1280. The first-order valence-electron chi connectivity index (χ1n) is 20.4. The Morgan fingerprint density at radius 1 is 0.740 bits per heavy atom. The maximum absolute atomic E-state index is 12.6. The molecule has 0 aliphatic heterocycles. The van der Waals surface area contributed by atoms with E-state index >= 15 is 0 Å². The third kappa shape index (κ3) is 8.11. The predicted octanol–water partition coefficient (Wildman–Crippen LogP) is 10.5. The summed E-state index contributed by atoms with van der Waals surface area (Å²) in [6.07, 6.45) is 16.1. The first kappa shape index (κ1) is 39.1. The molecule has 2 N–H and O–H groups in total. The summed E-state index contributed by atoms with van der Waals surface area (Å²) in [5, 5.41) is 19.7. The monoisotopic (exact) mass is 695 g/mol. The third-order valence-corrected chi connectivity index (χ3v) is 14.6. The van der Waals surface area contributed by atoms with Crippen LogP contribution in [-0.2, 0) is 19.1 Å². The van der Waals surface area contributed by atoms with Gasteiger partial charge in [0.1, 0.15) is 17.0 Å². The Kier molecular flexibility index (Phi) is 11.5. The molecular weight excluding hydrogens is 624 g/mol. The summed E-state index contributed by atoms with van der Waals surface area (Å²) in [6.45, 7) is 18.6. The number of phenolic OH excluding ortho intramolecular Hbond substituents is 1. The maximum atomic E-state index is 12.6. The van der Waals surface area contributed by atoms with Gasteiger partial charge in [-0.2, -0.15) is 0 Å². The quantitative estimate of drug-likeness (QED) is 0.250. The van der Waals surface area contributed by atoms with Crippen molar-refractivity contribution in [1.29, 1.82) is 0 Å². The number of rotatable bonds is 9. The van der Waals surface area contributed by atoms with Gasteiger partial charge < -0.3 is 19.7 Å². The SMILES string of the molecule is CCC(C)(C)C(=O)OC1(CC)C2CC3CC(C2)CC1C3.CCC(C)(C)C(=O)OC12CC3CC(CC(O)(C3)C1)C2.CCC(C)c1ccc(O)cc1. The standard InChI is InChI=1S/C18H30O2.C16H26O3.C10H14O/c1-5-17(3,4)16(19)20-18(6-2)14-8-12-7-13(10-14)11-15(18)9-12;1-4-14(2,3)13(17)19-16-8-11-5-12(9-16)7-15(18,6-11)10-16;1-3-8(2)9-4-6-10(11)7-5-9/h12-15H,5-11H2,1-4H3;11-12,18H,4-10H2,1-3H3;4-8,11H,3H2,1-2H3. The number of phenols is 1. The van der Waals surface area contributed by atoms with Gasteiger partial charge in [0.15, 0.2) is 0 Å². The minimum Gasteiger partial charge on any atom is -0.508 e. The molecule has 8 saturated carbocycles. The Labute approximate surface area is 303 Å². The lowest BCUT2D eigenvalue weighted by Gasteiger charge is -2.60. The number of esters is 2. The zero-order valence-electron chi connectivity index (χ0n) is 33.0. The van der Waals surface area contributed by atoms with Gasteiger partial charge in [0.2, 0.25) is 0 Å². The highest BCUT2D eigenvalue weighted by molar-refractivity contribution is 5.77. The molecule has 9 rings (SSSR count). The van der Waals surface area contributed by atoms with Gasteiger partial charge in [0.05, 0.1) is 16.4 Å². The highest BCUT2D eigenvalue weighted by atomic mass is 16.6. The van der Waals surface area contributed by atoms with Crippen molar-refractivity contribution < 1.29 is 29.3 Å². The van der Waals surface area contributed by atoms with Gasteiger partial charge in [-0.25, -0.2) is 0 Å². The minimum absolute atomic E-state index is 0.0364. The summed E-state index contributed by atoms with van der Waals surface area (Å²) in [5.41, 5.74) is -0.492. The molecule has 3 atom stereocenters. The summed E-state index contributed by atoms with van der Waals surface area (Å²) in [5.74, 6) is 5.14. The second-order valence-electron chi connectivity index (χ2n) is 19.1. The number of carbonyl (C=O) groups is 2. The predicted molar refractivity (Wildman–Crippen MR) is 200 cm³/mol. The fourth-order valence-electron chi connectivity index (χ4n) is 11.0. The maximum Gasteiger partial charge on any atom is 0.312 e. The number of ether oxygens (including phenoxy) is 2. The average Bonchev–Trinajstić information content (AvgIpc) is 3.05. The fourth-order valence-corrected chi connectivity index (χ4v) is 11.0. The minimum atomic E-state index is -0.555. The molecule has 6 nitrogen and oxygen atoms in total. The second-order valence-corrected chi connectivity index (χ2v) is 19.1. The van der Waals surface area contributed by atoms with E-state index in [2.05, 4.69) is 27.7 Å². The topological polar surface area (TPSA) is 93.1 Å². The summed E-state index contributed by atoms with van der Waals surface area (Å²) < 4.78 is 12.3. The summed E-state index contributed by atoms with van der Waals surface area (Å²) in [7, 11) is 0. The molecule has 0 spiro atoms. The van der Waals surface area contributed by atoms with E-state index in [9.17, 15) is 14.7 Å². The molecule has 0 amide bonds. The molecule has 1 aromatic rings. The van der Waals surface area contributed by atoms with Crippen LogP contribution in [0, 0.1) is 46.3 Å². The van der Waals surface area contributed by atoms with E-state index in [1.54, 1.807) is 12.1 Å². The fraction of sp³-hybridized carbons (Fsp3) is 0.818. The lowest BCUT2D eigenvalue weighted by atomic mass is 9.49. The largest absolute Gasteiger partial charge is 0.508 e. The van der Waals surface area contributed by atoms with E-state index in [1.165, 1.54) is 44.1 Å². The average molecular weight is 695 g/mol. The molecule has 0 radical (unpaired) electrons. The van der Waals surface area contributed by atoms with Crippen LogP contribution in [0.2, 0.25) is 0 Å². The first-order valence-corrected chi connectivity index (χ1v) is 20.4. The van der Waals surface area contributed by atoms with Gasteiger partial charge in [-0.1, -0.05) is 46.8 Å². The van der Waals surface area contributed by atoms with E-state index in [0.717, 1.165) is 63.2 Å².